The molecule has 0 saturated heterocycles. The predicted molar refractivity (Wildman–Crippen MR) is 126 cm³/mol. The molecular formula is C26H28N2O3. The first-order valence-corrected chi connectivity index (χ1v) is 10.3. The van der Waals surface area contributed by atoms with Gasteiger partial charge >= 0.3 is 0 Å². The summed E-state index contributed by atoms with van der Waals surface area (Å²) in [5.41, 5.74) is 3.74. The minimum absolute atomic E-state index is 0.135. The first-order chi connectivity index (χ1) is 15.1. The summed E-state index contributed by atoms with van der Waals surface area (Å²) in [7, 11) is 0. The molecule has 0 unspecified atom stereocenters. The minimum Gasteiger partial charge on any atom is -0.493 e. The standard InChI is InChI=1S/C26H28N2O3/c1-20(2)19-31-24-13-11-22(12-14-24)27-18-26(29)28-23-9-6-10-25(17-23)30-16-15-21-7-4-3-5-8-21/h3-14,17,27H,1,15-16,18-19H2,2H3,(H,28,29). The summed E-state index contributed by atoms with van der Waals surface area (Å²) in [4.78, 5) is 12.3. The van der Waals surface area contributed by atoms with Crippen LogP contribution in [0.15, 0.2) is 91.0 Å². The molecule has 0 heterocycles. The van der Waals surface area contributed by atoms with Gasteiger partial charge in [-0.15, -0.1) is 0 Å². The van der Waals surface area contributed by atoms with E-state index < -0.39 is 0 Å². The van der Waals surface area contributed by atoms with Crippen LogP contribution in [0, 0.1) is 0 Å². The van der Waals surface area contributed by atoms with E-state index in [1.165, 1.54) is 5.56 Å². The van der Waals surface area contributed by atoms with E-state index in [4.69, 9.17) is 9.47 Å². The molecule has 0 radical (unpaired) electrons. The lowest BCUT2D eigenvalue weighted by atomic mass is 10.2. The number of hydrogen-bond acceptors (Lipinski definition) is 4. The molecule has 3 aromatic carbocycles. The van der Waals surface area contributed by atoms with Crippen LogP contribution >= 0.6 is 0 Å². The highest BCUT2D eigenvalue weighted by Crippen LogP contribution is 2.18. The van der Waals surface area contributed by atoms with Crippen molar-refractivity contribution < 1.29 is 14.3 Å². The fraction of sp³-hybridized carbons (Fsp3) is 0.192. The van der Waals surface area contributed by atoms with E-state index in [-0.39, 0.29) is 12.5 Å². The Morgan fingerprint density at radius 1 is 0.871 bits per heavy atom. The molecule has 0 atom stereocenters. The summed E-state index contributed by atoms with van der Waals surface area (Å²) < 4.78 is 11.4. The SMILES string of the molecule is C=C(C)COc1ccc(NCC(=O)Nc2cccc(OCCc3ccccc3)c2)cc1. The number of carbonyl (C=O) groups is 1. The topological polar surface area (TPSA) is 59.6 Å². The third-order valence-electron chi connectivity index (χ3n) is 4.41. The first kappa shape index (κ1) is 22.0. The molecule has 0 aliphatic rings. The van der Waals surface area contributed by atoms with Crippen molar-refractivity contribution in [2.45, 2.75) is 13.3 Å². The maximum Gasteiger partial charge on any atom is 0.243 e. The van der Waals surface area contributed by atoms with Gasteiger partial charge in [0.1, 0.15) is 18.1 Å². The van der Waals surface area contributed by atoms with Gasteiger partial charge in [0.05, 0.1) is 13.2 Å². The van der Waals surface area contributed by atoms with Gasteiger partial charge in [-0.2, -0.15) is 0 Å². The molecule has 1 amide bonds. The van der Waals surface area contributed by atoms with Crippen molar-refractivity contribution in [1.29, 1.82) is 0 Å². The Morgan fingerprint density at radius 3 is 2.39 bits per heavy atom. The molecule has 0 aromatic heterocycles. The highest BCUT2D eigenvalue weighted by molar-refractivity contribution is 5.93. The van der Waals surface area contributed by atoms with Crippen LogP contribution < -0.4 is 20.1 Å². The molecule has 31 heavy (non-hydrogen) atoms. The van der Waals surface area contributed by atoms with Crippen molar-refractivity contribution in [3.63, 3.8) is 0 Å². The fourth-order valence-electron chi connectivity index (χ4n) is 2.86. The van der Waals surface area contributed by atoms with Gasteiger partial charge in [-0.1, -0.05) is 43.0 Å². The summed E-state index contributed by atoms with van der Waals surface area (Å²) in [5.74, 6) is 1.36. The zero-order valence-corrected chi connectivity index (χ0v) is 17.8. The molecule has 5 heteroatoms. The highest BCUT2D eigenvalue weighted by atomic mass is 16.5. The molecule has 0 spiro atoms. The second-order valence-electron chi connectivity index (χ2n) is 7.28. The number of hydrogen-bond donors (Lipinski definition) is 2. The van der Waals surface area contributed by atoms with E-state index >= 15 is 0 Å². The third kappa shape index (κ3) is 7.90. The molecule has 0 saturated carbocycles. The van der Waals surface area contributed by atoms with E-state index in [2.05, 4.69) is 29.3 Å². The summed E-state index contributed by atoms with van der Waals surface area (Å²) in [6, 6.07) is 25.1. The van der Waals surface area contributed by atoms with E-state index in [1.54, 1.807) is 0 Å². The molecular weight excluding hydrogens is 388 g/mol. The summed E-state index contributed by atoms with van der Waals surface area (Å²) in [5, 5.41) is 6.00. The molecule has 0 bridgehead atoms. The van der Waals surface area contributed by atoms with Crippen molar-refractivity contribution in [2.24, 2.45) is 0 Å². The van der Waals surface area contributed by atoms with Crippen molar-refractivity contribution in [3.8, 4) is 11.5 Å². The van der Waals surface area contributed by atoms with Crippen molar-refractivity contribution in [3.05, 3.63) is 96.6 Å². The lowest BCUT2D eigenvalue weighted by Gasteiger charge is -2.11. The van der Waals surface area contributed by atoms with E-state index in [0.717, 1.165) is 29.2 Å². The van der Waals surface area contributed by atoms with Crippen molar-refractivity contribution >= 4 is 17.3 Å². The van der Waals surface area contributed by atoms with Gasteiger partial charge in [0.2, 0.25) is 5.91 Å². The lowest BCUT2D eigenvalue weighted by molar-refractivity contribution is -0.114. The molecule has 5 nitrogen and oxygen atoms in total. The van der Waals surface area contributed by atoms with Crippen LogP contribution in [0.4, 0.5) is 11.4 Å². The Hall–Kier alpha value is -3.73. The van der Waals surface area contributed by atoms with Gasteiger partial charge in [-0.05, 0) is 54.5 Å². The number of amides is 1. The zero-order chi connectivity index (χ0) is 21.9. The quantitative estimate of drug-likeness (QED) is 0.416. The number of carbonyl (C=O) groups excluding carboxylic acids is 1. The average molecular weight is 417 g/mol. The van der Waals surface area contributed by atoms with Crippen LogP contribution in [0.3, 0.4) is 0 Å². The highest BCUT2D eigenvalue weighted by Gasteiger charge is 2.04. The third-order valence-corrected chi connectivity index (χ3v) is 4.41. The van der Waals surface area contributed by atoms with E-state index in [1.807, 2.05) is 73.7 Å². The maximum atomic E-state index is 12.3. The molecule has 2 N–H and O–H groups in total. The Balaban J connectivity index is 1.42. The van der Waals surface area contributed by atoms with Gasteiger partial charge in [0.25, 0.3) is 0 Å². The number of rotatable bonds is 11. The summed E-state index contributed by atoms with van der Waals surface area (Å²) >= 11 is 0. The maximum absolute atomic E-state index is 12.3. The second kappa shape index (κ2) is 11.5. The van der Waals surface area contributed by atoms with Gasteiger partial charge in [0, 0.05) is 23.9 Å². The Labute approximate surface area is 183 Å². The van der Waals surface area contributed by atoms with Crippen LogP contribution in [0.1, 0.15) is 12.5 Å². The molecule has 0 fully saturated rings. The van der Waals surface area contributed by atoms with Gasteiger partial charge in [0.15, 0.2) is 0 Å². The number of nitrogens with one attached hydrogen (secondary N) is 2. The second-order valence-corrected chi connectivity index (χ2v) is 7.28. The summed E-state index contributed by atoms with van der Waals surface area (Å²) in [6.45, 7) is 6.96. The normalized spacial score (nSPS) is 10.2. The van der Waals surface area contributed by atoms with E-state index in [0.29, 0.717) is 18.9 Å². The number of ether oxygens (including phenoxy) is 2. The minimum atomic E-state index is -0.135. The van der Waals surface area contributed by atoms with Crippen LogP contribution in [-0.2, 0) is 11.2 Å². The molecule has 3 rings (SSSR count). The Kier molecular flexibility index (Phi) is 8.12. The van der Waals surface area contributed by atoms with Crippen LogP contribution in [-0.4, -0.2) is 25.7 Å². The molecule has 3 aromatic rings. The summed E-state index contributed by atoms with van der Waals surface area (Å²) in [6.07, 6.45) is 0.832. The molecule has 160 valence electrons. The molecule has 0 aliphatic heterocycles. The largest absolute Gasteiger partial charge is 0.493 e. The monoisotopic (exact) mass is 416 g/mol. The fourth-order valence-corrected chi connectivity index (χ4v) is 2.86. The van der Waals surface area contributed by atoms with Gasteiger partial charge in [-0.3, -0.25) is 4.79 Å². The Morgan fingerprint density at radius 2 is 1.65 bits per heavy atom. The smallest absolute Gasteiger partial charge is 0.243 e. The Bertz CT molecular complexity index is 985. The van der Waals surface area contributed by atoms with Crippen molar-refractivity contribution in [1.82, 2.24) is 0 Å². The predicted octanol–water partition coefficient (Wildman–Crippen LogP) is 5.31. The van der Waals surface area contributed by atoms with Gasteiger partial charge < -0.3 is 20.1 Å². The van der Waals surface area contributed by atoms with Crippen LogP contribution in [0.5, 0.6) is 11.5 Å². The van der Waals surface area contributed by atoms with Gasteiger partial charge in [-0.25, -0.2) is 0 Å². The average Bonchev–Trinajstić information content (AvgIpc) is 2.78. The number of benzene rings is 3. The van der Waals surface area contributed by atoms with Crippen LogP contribution in [0.2, 0.25) is 0 Å². The lowest BCUT2D eigenvalue weighted by Crippen LogP contribution is -2.21. The molecule has 0 aliphatic carbocycles. The van der Waals surface area contributed by atoms with E-state index in [9.17, 15) is 4.79 Å². The first-order valence-electron chi connectivity index (χ1n) is 10.3. The number of anilines is 2. The van der Waals surface area contributed by atoms with Crippen molar-refractivity contribution in [2.75, 3.05) is 30.4 Å². The zero-order valence-electron chi connectivity index (χ0n) is 17.8. The van der Waals surface area contributed by atoms with Crippen LogP contribution in [0.25, 0.3) is 0 Å².